The molecule has 2 nitrogen and oxygen atoms in total. The van der Waals surface area contributed by atoms with Gasteiger partial charge in [0.2, 0.25) is 0 Å². The number of hydrogen-bond acceptors (Lipinski definition) is 2. The highest BCUT2D eigenvalue weighted by Gasteiger charge is 2.15. The van der Waals surface area contributed by atoms with Crippen molar-refractivity contribution in [3.05, 3.63) is 24.3 Å². The lowest BCUT2D eigenvalue weighted by Gasteiger charge is -2.29. The molecule has 0 aromatic rings. The van der Waals surface area contributed by atoms with Crippen molar-refractivity contribution in [2.45, 2.75) is 25.8 Å². The van der Waals surface area contributed by atoms with E-state index in [0.29, 0.717) is 6.04 Å². The molecule has 1 fully saturated rings. The summed E-state index contributed by atoms with van der Waals surface area (Å²) in [6.07, 6.45) is 6.59. The minimum atomic E-state index is 0.695. The van der Waals surface area contributed by atoms with Gasteiger partial charge in [-0.15, -0.1) is 0 Å². The van der Waals surface area contributed by atoms with E-state index in [1.165, 1.54) is 31.5 Å². The normalized spacial score (nSPS) is 21.1. The monoisotopic (exact) mass is 194 g/mol. The summed E-state index contributed by atoms with van der Waals surface area (Å²) in [7, 11) is 2.19. The first kappa shape index (κ1) is 11.5. The maximum absolute atomic E-state index is 3.79. The molecule has 0 bridgehead atoms. The van der Waals surface area contributed by atoms with Gasteiger partial charge in [0.1, 0.15) is 0 Å². The third-order valence-electron chi connectivity index (χ3n) is 2.95. The molecular weight excluding hydrogens is 172 g/mol. The predicted molar refractivity (Wildman–Crippen MR) is 62.5 cm³/mol. The molecule has 0 aromatic carbocycles. The van der Waals surface area contributed by atoms with Crippen molar-refractivity contribution >= 4 is 0 Å². The molecule has 0 amide bonds. The van der Waals surface area contributed by atoms with Gasteiger partial charge in [-0.3, -0.25) is 0 Å². The largest absolute Gasteiger partial charge is 0.310 e. The Hall–Kier alpha value is -0.600. The van der Waals surface area contributed by atoms with Crippen molar-refractivity contribution in [2.24, 2.45) is 0 Å². The Kier molecular flexibility index (Phi) is 4.91. The third kappa shape index (κ3) is 3.64. The zero-order valence-electron chi connectivity index (χ0n) is 9.42. The number of piperidine rings is 1. The maximum Gasteiger partial charge on any atom is 0.0204 e. The molecule has 80 valence electrons. The van der Waals surface area contributed by atoms with Gasteiger partial charge in [0.25, 0.3) is 0 Å². The molecule has 0 aromatic heterocycles. The lowest BCUT2D eigenvalue weighted by atomic mass is 10.1. The Morgan fingerprint density at radius 2 is 2.14 bits per heavy atom. The molecule has 0 atom stereocenters. The van der Waals surface area contributed by atoms with Gasteiger partial charge in [0.15, 0.2) is 0 Å². The van der Waals surface area contributed by atoms with Crippen LogP contribution >= 0.6 is 0 Å². The average Bonchev–Trinajstić information content (AvgIpc) is 2.22. The zero-order chi connectivity index (χ0) is 10.4. The van der Waals surface area contributed by atoms with Crippen LogP contribution in [0, 0.1) is 0 Å². The molecule has 0 unspecified atom stereocenters. The molecule has 1 N–H and O–H groups in total. The van der Waals surface area contributed by atoms with Crippen LogP contribution in [0.4, 0.5) is 0 Å². The number of nitrogens with one attached hydrogen (secondary N) is 1. The van der Waals surface area contributed by atoms with Crippen molar-refractivity contribution in [3.8, 4) is 0 Å². The Balaban J connectivity index is 2.22. The second-order valence-electron chi connectivity index (χ2n) is 4.03. The summed E-state index contributed by atoms with van der Waals surface area (Å²) < 4.78 is 0. The minimum absolute atomic E-state index is 0.695. The first-order valence-corrected chi connectivity index (χ1v) is 5.45. The van der Waals surface area contributed by atoms with E-state index in [9.17, 15) is 0 Å². The summed E-state index contributed by atoms with van der Waals surface area (Å²) in [5.74, 6) is 0. The van der Waals surface area contributed by atoms with Crippen LogP contribution in [0.25, 0.3) is 0 Å². The lowest BCUT2D eigenvalue weighted by Crippen LogP contribution is -2.41. The lowest BCUT2D eigenvalue weighted by molar-refractivity contribution is 0.237. The molecule has 1 aliphatic rings. The Morgan fingerprint density at radius 3 is 2.64 bits per heavy atom. The van der Waals surface area contributed by atoms with Crippen LogP contribution in [0.1, 0.15) is 19.8 Å². The summed E-state index contributed by atoms with van der Waals surface area (Å²) in [4.78, 5) is 2.39. The number of rotatable bonds is 4. The van der Waals surface area contributed by atoms with Crippen LogP contribution in [-0.2, 0) is 0 Å². The molecular formula is C12H22N2. The van der Waals surface area contributed by atoms with Crippen LogP contribution in [0.2, 0.25) is 0 Å². The molecule has 1 saturated heterocycles. The minimum Gasteiger partial charge on any atom is -0.310 e. The van der Waals surface area contributed by atoms with E-state index in [1.807, 2.05) is 6.08 Å². The molecule has 2 heteroatoms. The second kappa shape index (κ2) is 5.99. The molecule has 1 heterocycles. The Morgan fingerprint density at radius 1 is 1.50 bits per heavy atom. The molecule has 14 heavy (non-hydrogen) atoms. The van der Waals surface area contributed by atoms with Gasteiger partial charge >= 0.3 is 0 Å². The topological polar surface area (TPSA) is 15.3 Å². The Bertz CT molecular complexity index is 200. The summed E-state index contributed by atoms with van der Waals surface area (Å²) in [5.41, 5.74) is 1.30. The van der Waals surface area contributed by atoms with Crippen molar-refractivity contribution in [1.82, 2.24) is 10.2 Å². The fourth-order valence-corrected chi connectivity index (χ4v) is 1.77. The molecule has 1 aliphatic heterocycles. The molecule has 1 rings (SSSR count). The van der Waals surface area contributed by atoms with E-state index >= 15 is 0 Å². The van der Waals surface area contributed by atoms with Gasteiger partial charge in [-0.05, 0) is 45.5 Å². The smallest absolute Gasteiger partial charge is 0.0204 e. The van der Waals surface area contributed by atoms with Crippen LogP contribution in [0.15, 0.2) is 24.3 Å². The molecule has 0 saturated carbocycles. The van der Waals surface area contributed by atoms with E-state index in [-0.39, 0.29) is 0 Å². The standard InChI is InChI=1S/C12H22N2/c1-4-11(5-2)10-13-12-6-8-14(3)9-7-12/h4-5,12-13H,1,6-10H2,2-3H3/b11-5+. The summed E-state index contributed by atoms with van der Waals surface area (Å²) in [6, 6.07) is 0.695. The van der Waals surface area contributed by atoms with Gasteiger partial charge in [-0.25, -0.2) is 0 Å². The second-order valence-corrected chi connectivity index (χ2v) is 4.03. The fraction of sp³-hybridized carbons (Fsp3) is 0.667. The SMILES string of the molecule is C=C/C(=C\C)CNC1CCN(C)CC1. The summed E-state index contributed by atoms with van der Waals surface area (Å²) >= 11 is 0. The highest BCUT2D eigenvalue weighted by Crippen LogP contribution is 2.08. The van der Waals surface area contributed by atoms with Crippen molar-refractivity contribution in [2.75, 3.05) is 26.7 Å². The zero-order valence-corrected chi connectivity index (χ0v) is 9.42. The fourth-order valence-electron chi connectivity index (χ4n) is 1.77. The quantitative estimate of drug-likeness (QED) is 0.687. The van der Waals surface area contributed by atoms with Crippen LogP contribution in [0.3, 0.4) is 0 Å². The van der Waals surface area contributed by atoms with Gasteiger partial charge < -0.3 is 10.2 Å². The van der Waals surface area contributed by atoms with Crippen LogP contribution in [-0.4, -0.2) is 37.6 Å². The summed E-state index contributed by atoms with van der Waals surface area (Å²) in [6.45, 7) is 9.26. The van der Waals surface area contributed by atoms with Crippen LogP contribution < -0.4 is 5.32 Å². The average molecular weight is 194 g/mol. The Labute approximate surface area is 87.7 Å². The molecule has 0 radical (unpaired) electrons. The van der Waals surface area contributed by atoms with Gasteiger partial charge in [-0.2, -0.15) is 0 Å². The highest BCUT2D eigenvalue weighted by molar-refractivity contribution is 5.16. The van der Waals surface area contributed by atoms with E-state index in [4.69, 9.17) is 0 Å². The van der Waals surface area contributed by atoms with E-state index in [1.54, 1.807) is 0 Å². The van der Waals surface area contributed by atoms with Crippen LogP contribution in [0.5, 0.6) is 0 Å². The number of likely N-dealkylation sites (tertiary alicyclic amines) is 1. The van der Waals surface area contributed by atoms with E-state index in [0.717, 1.165) is 6.54 Å². The first-order valence-electron chi connectivity index (χ1n) is 5.45. The highest BCUT2D eigenvalue weighted by atomic mass is 15.1. The van der Waals surface area contributed by atoms with Crippen molar-refractivity contribution < 1.29 is 0 Å². The van der Waals surface area contributed by atoms with Gasteiger partial charge in [0.05, 0.1) is 0 Å². The van der Waals surface area contributed by atoms with Gasteiger partial charge in [0, 0.05) is 12.6 Å². The number of nitrogens with zero attached hydrogens (tertiary/aromatic N) is 1. The molecule has 0 aliphatic carbocycles. The van der Waals surface area contributed by atoms with Gasteiger partial charge in [-0.1, -0.05) is 18.7 Å². The maximum atomic E-state index is 3.79. The van der Waals surface area contributed by atoms with E-state index in [2.05, 4.69) is 36.8 Å². The third-order valence-corrected chi connectivity index (χ3v) is 2.95. The predicted octanol–water partition coefficient (Wildman–Crippen LogP) is 1.80. The molecule has 0 spiro atoms. The van der Waals surface area contributed by atoms with Crippen molar-refractivity contribution in [1.29, 1.82) is 0 Å². The summed E-state index contributed by atoms with van der Waals surface area (Å²) in [5, 5.41) is 3.58. The van der Waals surface area contributed by atoms with E-state index < -0.39 is 0 Å². The number of hydrogen-bond donors (Lipinski definition) is 1. The van der Waals surface area contributed by atoms with Crippen molar-refractivity contribution in [3.63, 3.8) is 0 Å². The first-order chi connectivity index (χ1) is 6.76. The number of allylic oxidation sites excluding steroid dienone is 1.